The van der Waals surface area contributed by atoms with Gasteiger partial charge >= 0.3 is 6.18 Å². The molecule has 7 heteroatoms. The molecule has 0 N–H and O–H groups in total. The fourth-order valence-corrected chi connectivity index (χ4v) is 2.74. The SMILES string of the molecule is O=C([O-])C1=Cc2ccccc2N(c2ccc(F)cc2)C1C(F)(F)F. The van der Waals surface area contributed by atoms with Gasteiger partial charge in [0, 0.05) is 16.9 Å². The summed E-state index contributed by atoms with van der Waals surface area (Å²) in [5.74, 6) is -2.51. The minimum Gasteiger partial charge on any atom is -0.545 e. The number of halogens is 4. The first-order chi connectivity index (χ1) is 11.3. The van der Waals surface area contributed by atoms with Crippen LogP contribution in [0.3, 0.4) is 0 Å². The van der Waals surface area contributed by atoms with E-state index in [1.807, 2.05) is 0 Å². The Kier molecular flexibility index (Phi) is 3.79. The van der Waals surface area contributed by atoms with E-state index in [4.69, 9.17) is 0 Å². The molecule has 0 spiro atoms. The van der Waals surface area contributed by atoms with Crippen LogP contribution in [0, 0.1) is 5.82 Å². The Morgan fingerprint density at radius 1 is 1.04 bits per heavy atom. The van der Waals surface area contributed by atoms with E-state index in [0.717, 1.165) is 23.1 Å². The van der Waals surface area contributed by atoms with E-state index in [0.29, 0.717) is 5.56 Å². The van der Waals surface area contributed by atoms with Crippen molar-refractivity contribution in [2.24, 2.45) is 0 Å². The standard InChI is InChI=1S/C17H11F4NO2/c18-11-5-7-12(8-6-11)22-14-4-2-1-3-10(14)9-13(16(23)24)15(22)17(19,20)21/h1-9,15H,(H,23,24)/p-1. The van der Waals surface area contributed by atoms with E-state index in [9.17, 15) is 27.5 Å². The van der Waals surface area contributed by atoms with Gasteiger partial charge in [0.15, 0.2) is 6.04 Å². The Labute approximate surface area is 134 Å². The number of benzene rings is 2. The molecule has 124 valence electrons. The minimum absolute atomic E-state index is 0.0259. The number of fused-ring (bicyclic) bond motifs is 1. The van der Waals surface area contributed by atoms with Gasteiger partial charge in [-0.1, -0.05) is 18.2 Å². The topological polar surface area (TPSA) is 43.4 Å². The lowest BCUT2D eigenvalue weighted by atomic mass is 9.94. The van der Waals surface area contributed by atoms with Crippen molar-refractivity contribution in [3.63, 3.8) is 0 Å². The molecule has 0 amide bonds. The number of anilines is 2. The Bertz CT molecular complexity index is 812. The molecule has 0 fully saturated rings. The summed E-state index contributed by atoms with van der Waals surface area (Å²) in [7, 11) is 0. The highest BCUT2D eigenvalue weighted by Gasteiger charge is 2.49. The van der Waals surface area contributed by atoms with Gasteiger partial charge in [0.1, 0.15) is 5.82 Å². The average Bonchev–Trinajstić information content (AvgIpc) is 2.53. The maximum Gasteiger partial charge on any atom is 0.413 e. The summed E-state index contributed by atoms with van der Waals surface area (Å²) in [5.41, 5.74) is -0.387. The molecule has 3 rings (SSSR count). The van der Waals surface area contributed by atoms with Crippen LogP contribution in [0.2, 0.25) is 0 Å². The molecule has 2 aromatic carbocycles. The minimum atomic E-state index is -4.87. The van der Waals surface area contributed by atoms with Crippen LogP contribution in [0.5, 0.6) is 0 Å². The van der Waals surface area contributed by atoms with Crippen molar-refractivity contribution >= 4 is 23.4 Å². The van der Waals surface area contributed by atoms with Crippen LogP contribution in [0.25, 0.3) is 6.08 Å². The second-order valence-corrected chi connectivity index (χ2v) is 5.24. The fraction of sp³-hybridized carbons (Fsp3) is 0.118. The fourth-order valence-electron chi connectivity index (χ4n) is 2.74. The second-order valence-electron chi connectivity index (χ2n) is 5.24. The highest BCUT2D eigenvalue weighted by atomic mass is 19.4. The number of para-hydroxylation sites is 1. The van der Waals surface area contributed by atoms with Crippen molar-refractivity contribution in [1.29, 1.82) is 0 Å². The van der Waals surface area contributed by atoms with E-state index in [2.05, 4.69) is 0 Å². The van der Waals surface area contributed by atoms with Crippen LogP contribution in [0.15, 0.2) is 54.1 Å². The van der Waals surface area contributed by atoms with Crippen molar-refractivity contribution < 1.29 is 27.5 Å². The molecular formula is C17H10F4NO2-. The summed E-state index contributed by atoms with van der Waals surface area (Å²) in [6.45, 7) is 0. The third kappa shape index (κ3) is 2.73. The van der Waals surface area contributed by atoms with E-state index in [-0.39, 0.29) is 11.4 Å². The lowest BCUT2D eigenvalue weighted by Crippen LogP contribution is -2.50. The molecule has 0 bridgehead atoms. The van der Waals surface area contributed by atoms with Crippen molar-refractivity contribution in [2.75, 3.05) is 4.90 Å². The number of carbonyl (C=O) groups excluding carboxylic acids is 1. The van der Waals surface area contributed by atoms with Crippen molar-refractivity contribution in [3.05, 3.63) is 65.5 Å². The number of hydrogen-bond acceptors (Lipinski definition) is 3. The second kappa shape index (κ2) is 5.67. The first-order valence-corrected chi connectivity index (χ1v) is 6.92. The molecule has 0 aliphatic carbocycles. The molecule has 1 heterocycles. The molecule has 0 aromatic heterocycles. The normalized spacial score (nSPS) is 17.2. The molecule has 0 saturated heterocycles. The maximum absolute atomic E-state index is 13.6. The number of alkyl halides is 3. The van der Waals surface area contributed by atoms with Gasteiger partial charge < -0.3 is 14.8 Å². The van der Waals surface area contributed by atoms with Gasteiger partial charge in [-0.15, -0.1) is 0 Å². The van der Waals surface area contributed by atoms with Gasteiger partial charge in [-0.3, -0.25) is 0 Å². The number of carbonyl (C=O) groups is 1. The number of carboxylic acid groups (broad SMARTS) is 1. The van der Waals surface area contributed by atoms with E-state index < -0.39 is 29.6 Å². The summed E-state index contributed by atoms with van der Waals surface area (Å²) in [5, 5.41) is 11.3. The molecule has 0 radical (unpaired) electrons. The number of rotatable bonds is 2. The summed E-state index contributed by atoms with van der Waals surface area (Å²) in [4.78, 5) is 12.1. The van der Waals surface area contributed by atoms with Gasteiger partial charge in [0.2, 0.25) is 0 Å². The number of nitrogens with zero attached hydrogens (tertiary/aromatic N) is 1. The number of hydrogen-bond donors (Lipinski definition) is 0. The van der Waals surface area contributed by atoms with Crippen LogP contribution in [0.4, 0.5) is 28.9 Å². The lowest BCUT2D eigenvalue weighted by molar-refractivity contribution is -0.300. The predicted octanol–water partition coefficient (Wildman–Crippen LogP) is 3.04. The Morgan fingerprint density at radius 3 is 2.25 bits per heavy atom. The molecular weight excluding hydrogens is 326 g/mol. The molecule has 3 nitrogen and oxygen atoms in total. The lowest BCUT2D eigenvalue weighted by Gasteiger charge is -2.40. The highest BCUT2D eigenvalue weighted by molar-refractivity contribution is 5.98. The van der Waals surface area contributed by atoms with Crippen LogP contribution in [-0.4, -0.2) is 18.2 Å². The molecule has 1 unspecified atom stereocenters. The monoisotopic (exact) mass is 336 g/mol. The predicted molar refractivity (Wildman–Crippen MR) is 77.8 cm³/mol. The Balaban J connectivity index is 2.27. The van der Waals surface area contributed by atoms with Crippen LogP contribution >= 0.6 is 0 Å². The smallest absolute Gasteiger partial charge is 0.413 e. The van der Waals surface area contributed by atoms with Gasteiger partial charge in [-0.25, -0.2) is 4.39 Å². The van der Waals surface area contributed by atoms with Gasteiger partial charge in [-0.05, 0) is 42.0 Å². The van der Waals surface area contributed by atoms with Crippen molar-refractivity contribution in [1.82, 2.24) is 0 Å². The third-order valence-corrected chi connectivity index (χ3v) is 3.71. The number of carboxylic acids is 1. The summed E-state index contributed by atoms with van der Waals surface area (Å²) in [6, 6.07) is 8.01. The van der Waals surface area contributed by atoms with Gasteiger partial charge in [-0.2, -0.15) is 13.2 Å². The van der Waals surface area contributed by atoms with Gasteiger partial charge in [0.05, 0.1) is 5.97 Å². The highest BCUT2D eigenvalue weighted by Crippen LogP contribution is 2.43. The molecule has 1 aliphatic heterocycles. The summed E-state index contributed by atoms with van der Waals surface area (Å²) in [6.07, 6.45) is -3.91. The molecule has 1 atom stereocenters. The quantitative estimate of drug-likeness (QED) is 0.792. The average molecular weight is 336 g/mol. The van der Waals surface area contributed by atoms with E-state index in [1.54, 1.807) is 12.1 Å². The first kappa shape index (κ1) is 16.0. The maximum atomic E-state index is 13.6. The molecule has 0 saturated carbocycles. The van der Waals surface area contributed by atoms with E-state index in [1.165, 1.54) is 24.3 Å². The van der Waals surface area contributed by atoms with Crippen molar-refractivity contribution in [3.8, 4) is 0 Å². The summed E-state index contributed by atoms with van der Waals surface area (Å²) < 4.78 is 54.0. The molecule has 1 aliphatic rings. The van der Waals surface area contributed by atoms with Crippen molar-refractivity contribution in [2.45, 2.75) is 12.2 Å². The largest absolute Gasteiger partial charge is 0.545 e. The third-order valence-electron chi connectivity index (χ3n) is 3.71. The zero-order valence-corrected chi connectivity index (χ0v) is 12.0. The molecule has 2 aromatic rings. The zero-order valence-electron chi connectivity index (χ0n) is 12.0. The van der Waals surface area contributed by atoms with Crippen LogP contribution in [-0.2, 0) is 4.79 Å². The number of aliphatic carboxylic acids is 1. The summed E-state index contributed by atoms with van der Waals surface area (Å²) >= 11 is 0. The Hall–Kier alpha value is -2.83. The van der Waals surface area contributed by atoms with Gasteiger partial charge in [0.25, 0.3) is 0 Å². The van der Waals surface area contributed by atoms with Crippen LogP contribution < -0.4 is 10.0 Å². The van der Waals surface area contributed by atoms with E-state index >= 15 is 0 Å². The molecule has 24 heavy (non-hydrogen) atoms. The van der Waals surface area contributed by atoms with Crippen LogP contribution in [0.1, 0.15) is 5.56 Å². The zero-order chi connectivity index (χ0) is 17.5. The first-order valence-electron chi connectivity index (χ1n) is 6.92. The Morgan fingerprint density at radius 2 is 1.67 bits per heavy atom.